The van der Waals surface area contributed by atoms with Crippen LogP contribution in [0.15, 0.2) is 48.5 Å². The van der Waals surface area contributed by atoms with Gasteiger partial charge in [0.05, 0.1) is 13.7 Å². The van der Waals surface area contributed by atoms with Gasteiger partial charge in [0.1, 0.15) is 17.5 Å². The SMILES string of the molecule is COc1cc(-c2cccc(-c3cccc(NC(=O)C4CN(C)C(=O)N(C)C4=O)c3C)c2C)cc(F)c1CN(C)CCO. The standard InChI is InChI=1S/C32H37FN4O5/c1-19-22(21-15-27(33)25(29(16-21)42-6)17-35(3)13-14-38)9-7-10-23(19)24-11-8-12-28(20(24)2)34-30(39)26-18-36(4)32(41)37(5)31(26)40/h7-12,15-16,26,38H,13-14,17-18H2,1-6H3,(H,34,39). The van der Waals surface area contributed by atoms with Crippen LogP contribution in [0.25, 0.3) is 22.3 Å². The van der Waals surface area contributed by atoms with E-state index < -0.39 is 29.6 Å². The average molecular weight is 577 g/mol. The molecule has 1 heterocycles. The van der Waals surface area contributed by atoms with E-state index >= 15 is 4.39 Å². The predicted molar refractivity (Wildman–Crippen MR) is 160 cm³/mol. The number of nitrogens with zero attached hydrogens (tertiary/aromatic N) is 3. The Morgan fingerprint density at radius 1 is 1.07 bits per heavy atom. The van der Waals surface area contributed by atoms with Crippen molar-refractivity contribution in [2.24, 2.45) is 5.92 Å². The van der Waals surface area contributed by atoms with Crippen LogP contribution in [0.2, 0.25) is 0 Å². The zero-order chi connectivity index (χ0) is 30.7. The van der Waals surface area contributed by atoms with E-state index in [-0.39, 0.29) is 13.2 Å². The molecule has 9 nitrogen and oxygen atoms in total. The molecule has 1 saturated heterocycles. The number of carbonyl (C=O) groups excluding carboxylic acids is 3. The third-order valence-electron chi connectivity index (χ3n) is 7.83. The van der Waals surface area contributed by atoms with E-state index in [1.807, 2.05) is 55.1 Å². The minimum Gasteiger partial charge on any atom is -0.496 e. The summed E-state index contributed by atoms with van der Waals surface area (Å²) in [6.45, 7) is 4.54. The van der Waals surface area contributed by atoms with E-state index in [0.29, 0.717) is 35.7 Å². The number of carbonyl (C=O) groups is 3. The van der Waals surface area contributed by atoms with Crippen molar-refractivity contribution in [3.05, 3.63) is 71.0 Å². The first-order valence-electron chi connectivity index (χ1n) is 13.7. The first kappa shape index (κ1) is 30.7. The maximum absolute atomic E-state index is 15.4. The molecule has 10 heteroatoms. The van der Waals surface area contributed by atoms with Crippen LogP contribution in [-0.4, -0.2) is 85.6 Å². The number of urea groups is 1. The van der Waals surface area contributed by atoms with Crippen LogP contribution in [0.1, 0.15) is 16.7 Å². The van der Waals surface area contributed by atoms with Crippen molar-refractivity contribution < 1.29 is 28.6 Å². The number of aliphatic hydroxyl groups excluding tert-OH is 1. The minimum absolute atomic E-state index is 0.00423. The van der Waals surface area contributed by atoms with E-state index in [2.05, 4.69) is 5.32 Å². The lowest BCUT2D eigenvalue weighted by atomic mass is 9.90. The summed E-state index contributed by atoms with van der Waals surface area (Å²) in [6, 6.07) is 14.2. The highest BCUT2D eigenvalue weighted by molar-refractivity contribution is 6.12. The molecule has 0 aliphatic carbocycles. The molecule has 0 spiro atoms. The van der Waals surface area contributed by atoms with Gasteiger partial charge < -0.3 is 20.1 Å². The Hall–Kier alpha value is -4.28. The third kappa shape index (κ3) is 6.00. The smallest absolute Gasteiger partial charge is 0.326 e. The molecule has 2 N–H and O–H groups in total. The second-order valence-corrected chi connectivity index (χ2v) is 10.7. The normalized spacial score (nSPS) is 15.4. The van der Waals surface area contributed by atoms with E-state index in [0.717, 1.165) is 32.7 Å². The van der Waals surface area contributed by atoms with Gasteiger partial charge >= 0.3 is 6.03 Å². The first-order chi connectivity index (χ1) is 20.0. The van der Waals surface area contributed by atoms with Crippen LogP contribution in [0, 0.1) is 25.6 Å². The molecule has 1 fully saturated rings. The fraction of sp³-hybridized carbons (Fsp3) is 0.344. The molecule has 3 aromatic carbocycles. The molecule has 0 radical (unpaired) electrons. The number of methoxy groups -OCH3 is 1. The van der Waals surface area contributed by atoms with Gasteiger partial charge in [-0.25, -0.2) is 9.18 Å². The van der Waals surface area contributed by atoms with Crippen molar-refractivity contribution in [2.45, 2.75) is 20.4 Å². The Balaban J connectivity index is 1.66. The predicted octanol–water partition coefficient (Wildman–Crippen LogP) is 4.29. The molecule has 1 aliphatic heterocycles. The van der Waals surface area contributed by atoms with Crippen LogP contribution >= 0.6 is 0 Å². The molecule has 0 saturated carbocycles. The second-order valence-electron chi connectivity index (χ2n) is 10.7. The summed E-state index contributed by atoms with van der Waals surface area (Å²) in [7, 11) is 6.24. The van der Waals surface area contributed by atoms with Gasteiger partial charge in [0.15, 0.2) is 0 Å². The van der Waals surface area contributed by atoms with Gasteiger partial charge in [0, 0.05) is 45.0 Å². The maximum Gasteiger partial charge on any atom is 0.326 e. The van der Waals surface area contributed by atoms with Crippen LogP contribution in [0.5, 0.6) is 5.75 Å². The summed E-state index contributed by atoms with van der Waals surface area (Å²) in [5.41, 5.74) is 5.98. The van der Waals surface area contributed by atoms with E-state index in [9.17, 15) is 19.5 Å². The number of anilines is 1. The summed E-state index contributed by atoms with van der Waals surface area (Å²) >= 11 is 0. The number of halogens is 1. The lowest BCUT2D eigenvalue weighted by Gasteiger charge is -2.33. The Morgan fingerprint density at radius 3 is 2.38 bits per heavy atom. The topological polar surface area (TPSA) is 102 Å². The van der Waals surface area contributed by atoms with Crippen molar-refractivity contribution in [3.8, 4) is 28.0 Å². The molecule has 1 aliphatic rings. The zero-order valence-corrected chi connectivity index (χ0v) is 24.8. The summed E-state index contributed by atoms with van der Waals surface area (Å²) in [6.07, 6.45) is 0. The number of hydrogen-bond acceptors (Lipinski definition) is 6. The van der Waals surface area contributed by atoms with Crippen molar-refractivity contribution in [2.75, 3.05) is 53.3 Å². The van der Waals surface area contributed by atoms with Gasteiger partial charge in [-0.3, -0.25) is 19.4 Å². The third-order valence-corrected chi connectivity index (χ3v) is 7.83. The molecule has 0 bridgehead atoms. The minimum atomic E-state index is -1.01. The lowest BCUT2D eigenvalue weighted by Crippen LogP contribution is -2.56. The Bertz CT molecular complexity index is 1520. The van der Waals surface area contributed by atoms with Gasteiger partial charge in [0.25, 0.3) is 0 Å². The molecule has 222 valence electrons. The van der Waals surface area contributed by atoms with E-state index in [1.54, 1.807) is 20.2 Å². The maximum atomic E-state index is 15.4. The summed E-state index contributed by atoms with van der Waals surface area (Å²) in [5, 5.41) is 12.1. The summed E-state index contributed by atoms with van der Waals surface area (Å²) < 4.78 is 20.9. The number of likely N-dealkylation sites (N-methyl/N-ethyl adjacent to an activating group) is 1. The highest BCUT2D eigenvalue weighted by atomic mass is 19.1. The van der Waals surface area contributed by atoms with Crippen molar-refractivity contribution in [1.29, 1.82) is 0 Å². The fourth-order valence-corrected chi connectivity index (χ4v) is 5.35. The van der Waals surface area contributed by atoms with Gasteiger partial charge in [-0.15, -0.1) is 0 Å². The number of ether oxygens (including phenoxy) is 1. The molecule has 3 aromatic rings. The van der Waals surface area contributed by atoms with Crippen LogP contribution in [0.3, 0.4) is 0 Å². The quantitative estimate of drug-likeness (QED) is 0.369. The van der Waals surface area contributed by atoms with Gasteiger partial charge in [0.2, 0.25) is 11.8 Å². The van der Waals surface area contributed by atoms with Crippen molar-refractivity contribution >= 4 is 23.5 Å². The number of rotatable bonds is 9. The Morgan fingerprint density at radius 2 is 1.71 bits per heavy atom. The average Bonchev–Trinajstić information content (AvgIpc) is 2.96. The molecule has 4 amide bonds. The fourth-order valence-electron chi connectivity index (χ4n) is 5.35. The Labute approximate surface area is 245 Å². The summed E-state index contributed by atoms with van der Waals surface area (Å²) in [5.74, 6) is -2.00. The highest BCUT2D eigenvalue weighted by Gasteiger charge is 2.39. The molecule has 4 rings (SSSR count). The Kier molecular flexibility index (Phi) is 9.28. The highest BCUT2D eigenvalue weighted by Crippen LogP contribution is 2.38. The number of aliphatic hydroxyl groups is 1. The molecule has 42 heavy (non-hydrogen) atoms. The molecular formula is C32H37FN4O5. The summed E-state index contributed by atoms with van der Waals surface area (Å²) in [4.78, 5) is 42.0. The van der Waals surface area contributed by atoms with Crippen LogP contribution < -0.4 is 10.1 Å². The largest absolute Gasteiger partial charge is 0.496 e. The molecule has 1 atom stereocenters. The zero-order valence-electron chi connectivity index (χ0n) is 24.8. The first-order valence-corrected chi connectivity index (χ1v) is 13.7. The number of amides is 4. The van der Waals surface area contributed by atoms with Crippen LogP contribution in [0.4, 0.5) is 14.9 Å². The second kappa shape index (κ2) is 12.7. The van der Waals surface area contributed by atoms with Gasteiger partial charge in [-0.1, -0.05) is 30.3 Å². The van der Waals surface area contributed by atoms with Crippen molar-refractivity contribution in [3.63, 3.8) is 0 Å². The number of imide groups is 1. The molecular weight excluding hydrogens is 539 g/mol. The number of hydrogen-bond donors (Lipinski definition) is 2. The van der Waals surface area contributed by atoms with Crippen molar-refractivity contribution in [1.82, 2.24) is 14.7 Å². The van der Waals surface area contributed by atoms with E-state index in [4.69, 9.17) is 4.74 Å². The van der Waals surface area contributed by atoms with Crippen LogP contribution in [-0.2, 0) is 16.1 Å². The van der Waals surface area contributed by atoms with E-state index in [1.165, 1.54) is 25.1 Å². The number of nitrogens with one attached hydrogen (secondary N) is 1. The molecule has 0 aromatic heterocycles. The number of benzene rings is 3. The lowest BCUT2D eigenvalue weighted by molar-refractivity contribution is -0.140. The van der Waals surface area contributed by atoms with Gasteiger partial charge in [-0.05, 0) is 72.5 Å². The monoisotopic (exact) mass is 576 g/mol. The molecule has 1 unspecified atom stereocenters. The van der Waals surface area contributed by atoms with Gasteiger partial charge in [-0.2, -0.15) is 0 Å².